The van der Waals surface area contributed by atoms with Crippen LogP contribution < -0.4 is 11.1 Å². The third-order valence-corrected chi connectivity index (χ3v) is 3.98. The lowest BCUT2D eigenvalue weighted by Gasteiger charge is -2.02. The third-order valence-electron chi connectivity index (χ3n) is 2.82. The van der Waals surface area contributed by atoms with Gasteiger partial charge in [-0.15, -0.1) is 11.3 Å². The number of unbranched alkanes of at least 4 members (excludes halogenated alkanes) is 3. The van der Waals surface area contributed by atoms with Crippen molar-refractivity contribution in [1.29, 1.82) is 0 Å². The average molecular weight is 240 g/mol. The van der Waals surface area contributed by atoms with Crippen LogP contribution in [0.1, 0.15) is 41.0 Å². The highest BCUT2D eigenvalue weighted by molar-refractivity contribution is 7.12. The monoisotopic (exact) mass is 240 g/mol. The first-order valence-corrected chi connectivity index (χ1v) is 7.02. The summed E-state index contributed by atoms with van der Waals surface area (Å²) in [6, 6.07) is 2.29. The Morgan fingerprint density at radius 3 is 2.56 bits per heavy atom. The Morgan fingerprint density at radius 2 is 1.94 bits per heavy atom. The second kappa shape index (κ2) is 7.82. The highest BCUT2D eigenvalue weighted by Gasteiger charge is 2.00. The van der Waals surface area contributed by atoms with Crippen LogP contribution in [0.15, 0.2) is 6.07 Å². The molecule has 0 aromatic carbocycles. The van der Waals surface area contributed by atoms with Gasteiger partial charge in [0.2, 0.25) is 0 Å². The second-order valence-corrected chi connectivity index (χ2v) is 5.67. The Hall–Kier alpha value is -0.380. The Kier molecular flexibility index (Phi) is 6.69. The van der Waals surface area contributed by atoms with Gasteiger partial charge in [0.15, 0.2) is 0 Å². The number of hydrogen-bond donors (Lipinski definition) is 2. The maximum atomic E-state index is 5.45. The van der Waals surface area contributed by atoms with Crippen LogP contribution in [-0.2, 0) is 6.54 Å². The molecule has 0 fully saturated rings. The molecule has 0 saturated heterocycles. The maximum absolute atomic E-state index is 5.45. The number of thiophene rings is 1. The lowest BCUT2D eigenvalue weighted by Crippen LogP contribution is -2.13. The molecule has 1 aromatic rings. The standard InChI is InChI=1S/C13H24N2S/c1-11-9-13(16-12(11)2)10-15-8-6-4-3-5-7-14/h9,15H,3-8,10,14H2,1-2H3. The minimum atomic E-state index is 0.835. The molecular weight excluding hydrogens is 216 g/mol. The molecule has 0 aliphatic rings. The number of aryl methyl sites for hydroxylation is 2. The Balaban J connectivity index is 2.03. The van der Waals surface area contributed by atoms with Crippen LogP contribution in [0.2, 0.25) is 0 Å². The first-order valence-electron chi connectivity index (χ1n) is 6.20. The fourth-order valence-electron chi connectivity index (χ4n) is 1.70. The molecule has 0 atom stereocenters. The molecule has 2 nitrogen and oxygen atoms in total. The zero-order valence-electron chi connectivity index (χ0n) is 10.5. The summed E-state index contributed by atoms with van der Waals surface area (Å²) in [6.45, 7) is 7.36. The molecule has 0 unspecified atom stereocenters. The van der Waals surface area contributed by atoms with E-state index in [1.165, 1.54) is 41.0 Å². The third kappa shape index (κ3) is 5.10. The van der Waals surface area contributed by atoms with E-state index in [9.17, 15) is 0 Å². The van der Waals surface area contributed by atoms with Crippen molar-refractivity contribution < 1.29 is 0 Å². The largest absolute Gasteiger partial charge is 0.330 e. The molecule has 1 rings (SSSR count). The van der Waals surface area contributed by atoms with Gasteiger partial charge >= 0.3 is 0 Å². The van der Waals surface area contributed by atoms with Gasteiger partial charge in [0.1, 0.15) is 0 Å². The van der Waals surface area contributed by atoms with E-state index in [1.807, 2.05) is 11.3 Å². The molecule has 3 heteroatoms. The number of hydrogen-bond acceptors (Lipinski definition) is 3. The van der Waals surface area contributed by atoms with Crippen LogP contribution >= 0.6 is 11.3 Å². The van der Waals surface area contributed by atoms with Crippen LogP contribution in [0.5, 0.6) is 0 Å². The number of rotatable bonds is 8. The van der Waals surface area contributed by atoms with Crippen molar-refractivity contribution in [2.75, 3.05) is 13.1 Å². The molecule has 0 aliphatic heterocycles. The summed E-state index contributed by atoms with van der Waals surface area (Å²) in [5.74, 6) is 0. The van der Waals surface area contributed by atoms with Gasteiger partial charge in [-0.3, -0.25) is 0 Å². The van der Waals surface area contributed by atoms with E-state index in [-0.39, 0.29) is 0 Å². The predicted octanol–water partition coefficient (Wildman–Crippen LogP) is 2.97. The average Bonchev–Trinajstić information content (AvgIpc) is 2.57. The van der Waals surface area contributed by atoms with Gasteiger partial charge in [0, 0.05) is 16.3 Å². The molecule has 0 bridgehead atoms. The number of nitrogens with two attached hydrogens (primary N) is 1. The smallest absolute Gasteiger partial charge is 0.0299 e. The fraction of sp³-hybridized carbons (Fsp3) is 0.692. The van der Waals surface area contributed by atoms with Crippen molar-refractivity contribution in [1.82, 2.24) is 5.32 Å². The van der Waals surface area contributed by atoms with Gasteiger partial charge in [-0.2, -0.15) is 0 Å². The van der Waals surface area contributed by atoms with E-state index in [4.69, 9.17) is 5.73 Å². The lowest BCUT2D eigenvalue weighted by atomic mass is 10.2. The van der Waals surface area contributed by atoms with E-state index in [0.717, 1.165) is 19.6 Å². The van der Waals surface area contributed by atoms with Gasteiger partial charge < -0.3 is 11.1 Å². The van der Waals surface area contributed by atoms with Crippen molar-refractivity contribution >= 4 is 11.3 Å². The van der Waals surface area contributed by atoms with Gasteiger partial charge in [-0.1, -0.05) is 12.8 Å². The minimum absolute atomic E-state index is 0.835. The Labute approximate surface area is 103 Å². The molecule has 0 aliphatic carbocycles. The highest BCUT2D eigenvalue weighted by atomic mass is 32.1. The first-order chi connectivity index (χ1) is 7.74. The zero-order chi connectivity index (χ0) is 11.8. The quantitative estimate of drug-likeness (QED) is 0.686. The molecule has 0 saturated carbocycles. The lowest BCUT2D eigenvalue weighted by molar-refractivity contribution is 0.592. The van der Waals surface area contributed by atoms with Crippen molar-refractivity contribution in [2.24, 2.45) is 5.73 Å². The molecule has 3 N–H and O–H groups in total. The molecule has 16 heavy (non-hydrogen) atoms. The van der Waals surface area contributed by atoms with Crippen molar-refractivity contribution in [2.45, 2.75) is 46.1 Å². The van der Waals surface area contributed by atoms with Crippen LogP contribution in [-0.4, -0.2) is 13.1 Å². The van der Waals surface area contributed by atoms with Crippen molar-refractivity contribution in [3.63, 3.8) is 0 Å². The molecule has 92 valence electrons. The summed E-state index contributed by atoms with van der Waals surface area (Å²) in [4.78, 5) is 2.90. The predicted molar refractivity (Wildman–Crippen MR) is 73.0 cm³/mol. The molecule has 0 amide bonds. The second-order valence-electron chi connectivity index (χ2n) is 4.33. The number of nitrogens with one attached hydrogen (secondary N) is 1. The van der Waals surface area contributed by atoms with Crippen molar-refractivity contribution in [3.8, 4) is 0 Å². The van der Waals surface area contributed by atoms with Crippen LogP contribution in [0, 0.1) is 13.8 Å². The van der Waals surface area contributed by atoms with E-state index in [2.05, 4.69) is 25.2 Å². The summed E-state index contributed by atoms with van der Waals surface area (Å²) >= 11 is 1.91. The van der Waals surface area contributed by atoms with Gasteiger partial charge in [0.05, 0.1) is 0 Å². The van der Waals surface area contributed by atoms with Crippen LogP contribution in [0.4, 0.5) is 0 Å². The topological polar surface area (TPSA) is 38.0 Å². The fourth-order valence-corrected chi connectivity index (χ4v) is 2.72. The summed E-state index contributed by atoms with van der Waals surface area (Å²) < 4.78 is 0. The normalized spacial score (nSPS) is 10.9. The van der Waals surface area contributed by atoms with Gasteiger partial charge in [-0.05, 0) is 51.4 Å². The Morgan fingerprint density at radius 1 is 1.19 bits per heavy atom. The molecule has 1 heterocycles. The van der Waals surface area contributed by atoms with E-state index < -0.39 is 0 Å². The highest BCUT2D eigenvalue weighted by Crippen LogP contribution is 2.20. The molecular formula is C13H24N2S. The summed E-state index contributed by atoms with van der Waals surface area (Å²) in [7, 11) is 0. The maximum Gasteiger partial charge on any atom is 0.0299 e. The van der Waals surface area contributed by atoms with Crippen molar-refractivity contribution in [3.05, 3.63) is 21.4 Å². The Bertz CT molecular complexity index is 275. The van der Waals surface area contributed by atoms with Crippen LogP contribution in [0.25, 0.3) is 0 Å². The zero-order valence-corrected chi connectivity index (χ0v) is 11.3. The van der Waals surface area contributed by atoms with Gasteiger partial charge in [-0.25, -0.2) is 0 Å². The summed E-state index contributed by atoms with van der Waals surface area (Å²) in [5.41, 5.74) is 6.87. The first kappa shape index (κ1) is 13.7. The van der Waals surface area contributed by atoms with Gasteiger partial charge in [0.25, 0.3) is 0 Å². The molecule has 0 radical (unpaired) electrons. The SMILES string of the molecule is Cc1cc(CNCCCCCCN)sc1C. The van der Waals surface area contributed by atoms with E-state index in [0.29, 0.717) is 0 Å². The van der Waals surface area contributed by atoms with E-state index >= 15 is 0 Å². The van der Waals surface area contributed by atoms with E-state index in [1.54, 1.807) is 0 Å². The summed E-state index contributed by atoms with van der Waals surface area (Å²) in [5, 5.41) is 3.50. The molecule has 1 aromatic heterocycles. The molecule has 0 spiro atoms. The minimum Gasteiger partial charge on any atom is -0.330 e. The summed E-state index contributed by atoms with van der Waals surface area (Å²) in [6.07, 6.45) is 5.01. The van der Waals surface area contributed by atoms with Crippen LogP contribution in [0.3, 0.4) is 0 Å².